The lowest BCUT2D eigenvalue weighted by atomic mass is 9.95. The highest BCUT2D eigenvalue weighted by molar-refractivity contribution is 5.94. The molecule has 9 nitrogen and oxygen atoms in total. The number of aromatic nitrogens is 2. The van der Waals surface area contributed by atoms with Gasteiger partial charge >= 0.3 is 12.1 Å². The molecule has 234 valence electrons. The zero-order chi connectivity index (χ0) is 31.9. The SMILES string of the molecule is CCCC(C)c1c(C(=O)N(C)Cc2ccc(C(F)(F)F)cc2)nn(-c2ccc(F)cc2)c1OCC(O)CC(O)CC(=O)O. The lowest BCUT2D eigenvalue weighted by Gasteiger charge is -2.20. The van der Waals surface area contributed by atoms with Gasteiger partial charge in [0.1, 0.15) is 12.4 Å². The predicted molar refractivity (Wildman–Crippen MR) is 148 cm³/mol. The Kier molecular flexibility index (Phi) is 11.3. The number of carbonyl (C=O) groups excluding carboxylic acids is 1. The number of ether oxygens (including phenoxy) is 1. The number of carboxylic acids is 1. The standard InChI is InChI=1S/C30H35F4N3O6/c1-4-5-18(2)26-27(28(42)36(3)16-19-6-8-20(9-7-19)30(32,33)34)35-37(22-12-10-21(31)11-13-22)29(26)43-17-24(39)14-23(38)15-25(40)41/h6-13,18,23-24,38-39H,4-5,14-17H2,1-3H3,(H,40,41). The van der Waals surface area contributed by atoms with E-state index in [-0.39, 0.29) is 37.1 Å². The first-order valence-electron chi connectivity index (χ1n) is 13.7. The van der Waals surface area contributed by atoms with E-state index in [4.69, 9.17) is 9.84 Å². The fraction of sp³-hybridized carbons (Fsp3) is 0.433. The van der Waals surface area contributed by atoms with Gasteiger partial charge in [-0.15, -0.1) is 0 Å². The van der Waals surface area contributed by atoms with E-state index < -0.39 is 48.1 Å². The summed E-state index contributed by atoms with van der Waals surface area (Å²) in [6.45, 7) is 3.43. The van der Waals surface area contributed by atoms with Gasteiger partial charge in [0.25, 0.3) is 5.91 Å². The van der Waals surface area contributed by atoms with Crippen LogP contribution in [-0.4, -0.2) is 67.7 Å². The van der Waals surface area contributed by atoms with E-state index in [0.717, 1.165) is 18.6 Å². The number of hydrogen-bond donors (Lipinski definition) is 3. The molecule has 3 aromatic rings. The molecule has 13 heteroatoms. The third-order valence-electron chi connectivity index (χ3n) is 6.78. The molecule has 1 heterocycles. The van der Waals surface area contributed by atoms with Crippen LogP contribution in [0.2, 0.25) is 0 Å². The van der Waals surface area contributed by atoms with Crippen LogP contribution in [0.1, 0.15) is 72.6 Å². The van der Waals surface area contributed by atoms with Gasteiger partial charge in [-0.1, -0.05) is 32.4 Å². The lowest BCUT2D eigenvalue weighted by Crippen LogP contribution is -2.28. The third-order valence-corrected chi connectivity index (χ3v) is 6.78. The van der Waals surface area contributed by atoms with Crippen molar-refractivity contribution < 1.29 is 47.2 Å². The fourth-order valence-electron chi connectivity index (χ4n) is 4.66. The van der Waals surface area contributed by atoms with Crippen LogP contribution in [0.25, 0.3) is 5.69 Å². The van der Waals surface area contributed by atoms with Crippen LogP contribution in [0.3, 0.4) is 0 Å². The topological polar surface area (TPSA) is 125 Å². The molecule has 0 bridgehead atoms. The minimum atomic E-state index is -4.49. The predicted octanol–water partition coefficient (Wildman–Crippen LogP) is 5.17. The van der Waals surface area contributed by atoms with Crippen molar-refractivity contribution in [2.45, 2.75) is 70.4 Å². The van der Waals surface area contributed by atoms with Gasteiger partial charge in [-0.25, -0.2) is 9.07 Å². The van der Waals surface area contributed by atoms with Crippen LogP contribution in [-0.2, 0) is 17.5 Å². The molecule has 0 spiro atoms. The second-order valence-electron chi connectivity index (χ2n) is 10.5. The Morgan fingerprint density at radius 2 is 1.67 bits per heavy atom. The van der Waals surface area contributed by atoms with Crippen molar-refractivity contribution in [3.8, 4) is 11.6 Å². The Balaban J connectivity index is 1.99. The summed E-state index contributed by atoms with van der Waals surface area (Å²) in [7, 11) is 1.49. The van der Waals surface area contributed by atoms with Crippen molar-refractivity contribution in [3.05, 3.63) is 76.7 Å². The van der Waals surface area contributed by atoms with Gasteiger partial charge in [-0.2, -0.15) is 18.3 Å². The van der Waals surface area contributed by atoms with E-state index in [0.29, 0.717) is 23.2 Å². The molecule has 0 saturated heterocycles. The van der Waals surface area contributed by atoms with E-state index in [9.17, 15) is 37.4 Å². The molecule has 1 amide bonds. The van der Waals surface area contributed by atoms with Gasteiger partial charge in [0.05, 0.1) is 35.4 Å². The number of alkyl halides is 3. The summed E-state index contributed by atoms with van der Waals surface area (Å²) < 4.78 is 60.0. The zero-order valence-electron chi connectivity index (χ0n) is 24.0. The molecule has 0 fully saturated rings. The molecule has 2 aromatic carbocycles. The second-order valence-corrected chi connectivity index (χ2v) is 10.5. The summed E-state index contributed by atoms with van der Waals surface area (Å²) in [6, 6.07) is 9.72. The van der Waals surface area contributed by atoms with Gasteiger partial charge in [-0.3, -0.25) is 9.59 Å². The first-order chi connectivity index (χ1) is 20.2. The van der Waals surface area contributed by atoms with E-state index >= 15 is 0 Å². The third kappa shape index (κ3) is 9.01. The molecule has 0 saturated carbocycles. The molecule has 3 unspecified atom stereocenters. The number of carboxylic acid groups (broad SMARTS) is 1. The first kappa shape index (κ1) is 33.5. The quantitative estimate of drug-likeness (QED) is 0.215. The molecule has 1 aromatic heterocycles. The van der Waals surface area contributed by atoms with Gasteiger partial charge < -0.3 is 25.0 Å². The maximum absolute atomic E-state index is 13.8. The van der Waals surface area contributed by atoms with E-state index in [1.807, 2.05) is 13.8 Å². The van der Waals surface area contributed by atoms with E-state index in [1.165, 1.54) is 53.0 Å². The molecule has 0 aliphatic rings. The lowest BCUT2D eigenvalue weighted by molar-refractivity contribution is -0.140. The van der Waals surface area contributed by atoms with Crippen molar-refractivity contribution in [1.29, 1.82) is 0 Å². The maximum Gasteiger partial charge on any atom is 0.416 e. The average molecular weight is 610 g/mol. The molecule has 0 aliphatic heterocycles. The van der Waals surface area contributed by atoms with Crippen LogP contribution in [0.15, 0.2) is 48.5 Å². The minimum Gasteiger partial charge on any atom is -0.481 e. The molecular weight excluding hydrogens is 574 g/mol. The van der Waals surface area contributed by atoms with Crippen LogP contribution in [0, 0.1) is 5.82 Å². The number of rotatable bonds is 14. The average Bonchev–Trinajstić information content (AvgIpc) is 3.30. The summed E-state index contributed by atoms with van der Waals surface area (Å²) in [5, 5.41) is 33.8. The van der Waals surface area contributed by atoms with Crippen molar-refractivity contribution in [1.82, 2.24) is 14.7 Å². The number of amides is 1. The van der Waals surface area contributed by atoms with Crippen LogP contribution < -0.4 is 4.74 Å². The fourth-order valence-corrected chi connectivity index (χ4v) is 4.66. The number of aliphatic hydroxyl groups is 2. The van der Waals surface area contributed by atoms with Crippen LogP contribution in [0.4, 0.5) is 17.6 Å². The number of benzene rings is 2. The normalized spacial score (nSPS) is 13.8. The first-order valence-corrected chi connectivity index (χ1v) is 13.7. The van der Waals surface area contributed by atoms with Gasteiger partial charge in [0, 0.05) is 20.0 Å². The highest BCUT2D eigenvalue weighted by atomic mass is 19.4. The minimum absolute atomic E-state index is 0.00934. The Bertz CT molecular complexity index is 1380. The van der Waals surface area contributed by atoms with Gasteiger partial charge in [0.2, 0.25) is 5.88 Å². The number of halogens is 4. The summed E-state index contributed by atoms with van der Waals surface area (Å²) in [5.74, 6) is -2.45. The Labute approximate surface area is 246 Å². The monoisotopic (exact) mass is 609 g/mol. The molecular formula is C30H35F4N3O6. The molecule has 3 atom stereocenters. The van der Waals surface area contributed by atoms with Crippen molar-refractivity contribution in [3.63, 3.8) is 0 Å². The molecule has 3 rings (SSSR count). The molecule has 0 radical (unpaired) electrons. The maximum atomic E-state index is 13.8. The van der Waals surface area contributed by atoms with Crippen molar-refractivity contribution in [2.24, 2.45) is 0 Å². The number of aliphatic carboxylic acids is 1. The van der Waals surface area contributed by atoms with Gasteiger partial charge in [0.15, 0.2) is 5.69 Å². The number of nitrogens with zero attached hydrogens (tertiary/aromatic N) is 3. The zero-order valence-corrected chi connectivity index (χ0v) is 24.0. The van der Waals surface area contributed by atoms with Crippen LogP contribution in [0.5, 0.6) is 5.88 Å². The number of carbonyl (C=O) groups is 2. The van der Waals surface area contributed by atoms with Crippen molar-refractivity contribution in [2.75, 3.05) is 13.7 Å². The largest absolute Gasteiger partial charge is 0.481 e. The number of hydrogen-bond acceptors (Lipinski definition) is 6. The smallest absolute Gasteiger partial charge is 0.416 e. The molecule has 43 heavy (non-hydrogen) atoms. The Morgan fingerprint density at radius 3 is 2.23 bits per heavy atom. The number of aliphatic hydroxyl groups excluding tert-OH is 2. The highest BCUT2D eigenvalue weighted by Crippen LogP contribution is 2.36. The van der Waals surface area contributed by atoms with Crippen LogP contribution >= 0.6 is 0 Å². The molecule has 3 N–H and O–H groups in total. The summed E-state index contributed by atoms with van der Waals surface area (Å²) in [4.78, 5) is 25.9. The highest BCUT2D eigenvalue weighted by Gasteiger charge is 2.32. The second kappa shape index (κ2) is 14.5. The van der Waals surface area contributed by atoms with E-state index in [1.54, 1.807) is 0 Å². The summed E-state index contributed by atoms with van der Waals surface area (Å²) >= 11 is 0. The molecule has 0 aliphatic carbocycles. The van der Waals surface area contributed by atoms with Gasteiger partial charge in [-0.05, 0) is 54.3 Å². The van der Waals surface area contributed by atoms with Crippen molar-refractivity contribution >= 4 is 11.9 Å². The summed E-state index contributed by atoms with van der Waals surface area (Å²) in [6.07, 6.45) is -6.55. The Hall–Kier alpha value is -3.97. The summed E-state index contributed by atoms with van der Waals surface area (Å²) in [5.41, 5.74) is 0.429. The Morgan fingerprint density at radius 1 is 1.05 bits per heavy atom. The van der Waals surface area contributed by atoms with E-state index in [2.05, 4.69) is 5.10 Å².